The van der Waals surface area contributed by atoms with E-state index in [-0.39, 0.29) is 12.0 Å². The van der Waals surface area contributed by atoms with Gasteiger partial charge in [-0.1, -0.05) is 36.4 Å². The molecule has 166 valence electrons. The van der Waals surface area contributed by atoms with Crippen molar-refractivity contribution in [3.05, 3.63) is 65.4 Å². The standard InChI is InChI=1S/C25H27N3O4/c1-25(2,3)32-24(30)28-14-12-18(13-15-28)22-23(29)27-21-19(10-7-11-20(21)31-22)26-16-17-8-5-4-6-9-17/h4-11,16H,12-15H2,1-3H3,(H,27,29). The number of rotatable bonds is 2. The molecular weight excluding hydrogens is 406 g/mol. The summed E-state index contributed by atoms with van der Waals surface area (Å²) in [6.45, 7) is 6.51. The molecule has 2 heterocycles. The van der Waals surface area contributed by atoms with Crippen LogP contribution in [0.2, 0.25) is 0 Å². The molecular formula is C25H27N3O4. The zero-order valence-corrected chi connectivity index (χ0v) is 18.6. The highest BCUT2D eigenvalue weighted by atomic mass is 16.6. The van der Waals surface area contributed by atoms with Gasteiger partial charge in [-0.2, -0.15) is 0 Å². The van der Waals surface area contributed by atoms with Crippen LogP contribution < -0.4 is 10.1 Å². The molecule has 2 aliphatic heterocycles. The van der Waals surface area contributed by atoms with Crippen molar-refractivity contribution in [2.75, 3.05) is 18.4 Å². The first kappa shape index (κ1) is 21.6. The smallest absolute Gasteiger partial charge is 0.410 e. The first-order chi connectivity index (χ1) is 15.3. The van der Waals surface area contributed by atoms with E-state index in [0.29, 0.717) is 48.8 Å². The maximum Gasteiger partial charge on any atom is 0.410 e. The number of hydrogen-bond donors (Lipinski definition) is 1. The predicted octanol–water partition coefficient (Wildman–Crippen LogP) is 5.05. The average molecular weight is 434 g/mol. The molecule has 0 unspecified atom stereocenters. The molecule has 7 nitrogen and oxygen atoms in total. The Hall–Kier alpha value is -3.61. The molecule has 0 atom stereocenters. The fourth-order valence-corrected chi connectivity index (χ4v) is 3.59. The number of carbonyl (C=O) groups is 2. The lowest BCUT2D eigenvalue weighted by molar-refractivity contribution is -0.115. The Morgan fingerprint density at radius 2 is 1.81 bits per heavy atom. The van der Waals surface area contributed by atoms with Gasteiger partial charge in [0, 0.05) is 19.3 Å². The van der Waals surface area contributed by atoms with E-state index in [4.69, 9.17) is 9.47 Å². The summed E-state index contributed by atoms with van der Waals surface area (Å²) in [5.41, 5.74) is 2.51. The van der Waals surface area contributed by atoms with Crippen LogP contribution in [-0.4, -0.2) is 41.8 Å². The van der Waals surface area contributed by atoms with Gasteiger partial charge in [0.15, 0.2) is 11.5 Å². The molecule has 32 heavy (non-hydrogen) atoms. The molecule has 1 saturated heterocycles. The number of benzene rings is 2. The van der Waals surface area contributed by atoms with Crippen molar-refractivity contribution in [1.82, 2.24) is 4.90 Å². The molecule has 0 spiro atoms. The second kappa shape index (κ2) is 8.86. The molecule has 2 amide bonds. The summed E-state index contributed by atoms with van der Waals surface area (Å²) in [6.07, 6.45) is 2.54. The number of likely N-dealkylation sites (tertiary alicyclic amines) is 1. The minimum Gasteiger partial charge on any atom is -0.449 e. The average Bonchev–Trinajstić information content (AvgIpc) is 2.77. The molecule has 4 rings (SSSR count). The third kappa shape index (κ3) is 4.99. The van der Waals surface area contributed by atoms with Gasteiger partial charge >= 0.3 is 6.09 Å². The third-order valence-corrected chi connectivity index (χ3v) is 5.15. The lowest BCUT2D eigenvalue weighted by Gasteiger charge is -2.32. The Morgan fingerprint density at radius 1 is 1.09 bits per heavy atom. The summed E-state index contributed by atoms with van der Waals surface area (Å²) < 4.78 is 11.5. The second-order valence-electron chi connectivity index (χ2n) is 8.78. The van der Waals surface area contributed by atoms with E-state index in [1.54, 1.807) is 11.1 Å². The monoisotopic (exact) mass is 433 g/mol. The van der Waals surface area contributed by atoms with Crippen LogP contribution in [-0.2, 0) is 9.53 Å². The predicted molar refractivity (Wildman–Crippen MR) is 123 cm³/mol. The molecule has 0 saturated carbocycles. The number of anilines is 1. The summed E-state index contributed by atoms with van der Waals surface area (Å²) in [7, 11) is 0. The number of fused-ring (bicyclic) bond motifs is 1. The molecule has 0 bridgehead atoms. The zero-order chi connectivity index (χ0) is 22.7. The highest BCUT2D eigenvalue weighted by Crippen LogP contribution is 2.40. The number of piperidine rings is 1. The van der Waals surface area contributed by atoms with E-state index in [1.165, 1.54) is 0 Å². The maximum absolute atomic E-state index is 12.8. The molecule has 1 N–H and O–H groups in total. The minimum absolute atomic E-state index is 0.291. The Morgan fingerprint density at radius 3 is 2.50 bits per heavy atom. The Bertz CT molecular complexity index is 1070. The van der Waals surface area contributed by atoms with Crippen molar-refractivity contribution in [3.8, 4) is 5.75 Å². The number of aliphatic imine (C=N–C) groups is 1. The number of hydrogen-bond acceptors (Lipinski definition) is 5. The van der Waals surface area contributed by atoms with Gasteiger partial charge in [-0.25, -0.2) is 4.79 Å². The van der Waals surface area contributed by atoms with Gasteiger partial charge in [0.05, 0.1) is 5.69 Å². The highest BCUT2D eigenvalue weighted by molar-refractivity contribution is 6.08. The molecule has 7 heteroatoms. The summed E-state index contributed by atoms with van der Waals surface area (Å²) in [5.74, 6) is 0.579. The van der Waals surface area contributed by atoms with Crippen LogP contribution in [0.5, 0.6) is 5.75 Å². The van der Waals surface area contributed by atoms with E-state index in [9.17, 15) is 9.59 Å². The fourth-order valence-electron chi connectivity index (χ4n) is 3.59. The van der Waals surface area contributed by atoms with Crippen LogP contribution in [0.3, 0.4) is 0 Å². The third-order valence-electron chi connectivity index (χ3n) is 5.15. The van der Waals surface area contributed by atoms with Gasteiger partial charge in [0.25, 0.3) is 5.91 Å². The van der Waals surface area contributed by atoms with Crippen LogP contribution in [0.25, 0.3) is 0 Å². The molecule has 0 aliphatic carbocycles. The highest BCUT2D eigenvalue weighted by Gasteiger charge is 2.31. The van der Waals surface area contributed by atoms with Crippen molar-refractivity contribution in [3.63, 3.8) is 0 Å². The van der Waals surface area contributed by atoms with Crippen molar-refractivity contribution in [2.45, 2.75) is 39.2 Å². The zero-order valence-electron chi connectivity index (χ0n) is 18.6. The van der Waals surface area contributed by atoms with E-state index in [1.807, 2.05) is 69.3 Å². The largest absolute Gasteiger partial charge is 0.449 e. The molecule has 1 fully saturated rings. The van der Waals surface area contributed by atoms with Crippen molar-refractivity contribution in [1.29, 1.82) is 0 Å². The van der Waals surface area contributed by atoms with Crippen LogP contribution in [0, 0.1) is 0 Å². The second-order valence-corrected chi connectivity index (χ2v) is 8.78. The summed E-state index contributed by atoms with van der Waals surface area (Å²) in [4.78, 5) is 31.3. The van der Waals surface area contributed by atoms with Gasteiger partial charge in [-0.05, 0) is 56.9 Å². The molecule has 2 aromatic rings. The molecule has 0 aromatic heterocycles. The summed E-state index contributed by atoms with van der Waals surface area (Å²) in [6, 6.07) is 15.2. The molecule has 2 aliphatic rings. The van der Waals surface area contributed by atoms with Crippen LogP contribution in [0.4, 0.5) is 16.2 Å². The number of carbonyl (C=O) groups excluding carboxylic acids is 2. The normalized spacial score (nSPS) is 16.5. The Balaban J connectivity index is 1.49. The van der Waals surface area contributed by atoms with Gasteiger partial charge in [-0.15, -0.1) is 0 Å². The van der Waals surface area contributed by atoms with E-state index in [2.05, 4.69) is 10.3 Å². The van der Waals surface area contributed by atoms with E-state index in [0.717, 1.165) is 11.1 Å². The van der Waals surface area contributed by atoms with Crippen molar-refractivity contribution < 1.29 is 19.1 Å². The first-order valence-corrected chi connectivity index (χ1v) is 10.7. The van der Waals surface area contributed by atoms with Crippen molar-refractivity contribution >= 4 is 29.6 Å². The number of nitrogens with one attached hydrogen (secondary N) is 1. The molecule has 0 radical (unpaired) electrons. The van der Waals surface area contributed by atoms with Gasteiger partial charge in [0.1, 0.15) is 11.3 Å². The van der Waals surface area contributed by atoms with Crippen LogP contribution in [0.1, 0.15) is 39.2 Å². The van der Waals surface area contributed by atoms with Gasteiger partial charge < -0.3 is 19.7 Å². The van der Waals surface area contributed by atoms with Crippen molar-refractivity contribution in [2.24, 2.45) is 4.99 Å². The minimum atomic E-state index is -0.535. The first-order valence-electron chi connectivity index (χ1n) is 10.7. The summed E-state index contributed by atoms with van der Waals surface area (Å²) in [5, 5.41) is 2.94. The summed E-state index contributed by atoms with van der Waals surface area (Å²) >= 11 is 0. The Kier molecular flexibility index (Phi) is 5.99. The van der Waals surface area contributed by atoms with E-state index < -0.39 is 5.60 Å². The Labute approximate surface area is 187 Å². The number of ether oxygens (including phenoxy) is 2. The maximum atomic E-state index is 12.8. The molecule has 2 aromatic carbocycles. The van der Waals surface area contributed by atoms with E-state index >= 15 is 0 Å². The number of para-hydroxylation sites is 1. The van der Waals surface area contributed by atoms with Crippen LogP contribution >= 0.6 is 0 Å². The fraction of sp³-hybridized carbons (Fsp3) is 0.320. The topological polar surface area (TPSA) is 80.2 Å². The number of nitrogens with zero attached hydrogens (tertiary/aromatic N) is 2. The lowest BCUT2D eigenvalue weighted by atomic mass is 10.0. The van der Waals surface area contributed by atoms with Gasteiger partial charge in [-0.3, -0.25) is 9.79 Å². The SMILES string of the molecule is CC(C)(C)OC(=O)N1CCC(=C2Oc3cccc(N=Cc4ccccc4)c3NC2=O)CC1. The quantitative estimate of drug-likeness (QED) is 0.531. The van der Waals surface area contributed by atoms with Gasteiger partial charge in [0.2, 0.25) is 0 Å². The lowest BCUT2D eigenvalue weighted by Crippen LogP contribution is -2.41. The number of amides is 2. The van der Waals surface area contributed by atoms with Crippen LogP contribution in [0.15, 0.2) is 64.9 Å².